The van der Waals surface area contributed by atoms with E-state index >= 15 is 0 Å². The number of unbranched alkanes of at least 4 members (excludes halogenated alkanes) is 14. The second-order valence-electron chi connectivity index (χ2n) is 7.11. The van der Waals surface area contributed by atoms with Crippen LogP contribution in [0.15, 0.2) is 12.2 Å². The Balaban J connectivity index is 1.75. The third kappa shape index (κ3) is 9.89. The Kier molecular flexibility index (Phi) is 12.4. The van der Waals surface area contributed by atoms with Gasteiger partial charge in [-0.2, -0.15) is 0 Å². The summed E-state index contributed by atoms with van der Waals surface area (Å²) in [7, 11) is 0. The zero-order chi connectivity index (χ0) is 17.5. The lowest BCUT2D eigenvalue weighted by molar-refractivity contribution is -0.136. The van der Waals surface area contributed by atoms with Gasteiger partial charge in [-0.3, -0.25) is 14.5 Å². The quantitative estimate of drug-likeness (QED) is 0.265. The normalized spacial score (nSPS) is 14.1. The first-order valence-corrected chi connectivity index (χ1v) is 10.3. The van der Waals surface area contributed by atoms with E-state index in [0.717, 1.165) is 12.8 Å². The molecule has 0 fully saturated rings. The smallest absolute Gasteiger partial charge is 0.253 e. The van der Waals surface area contributed by atoms with Gasteiger partial charge >= 0.3 is 0 Å². The van der Waals surface area contributed by atoms with Crippen LogP contribution in [0.5, 0.6) is 0 Å². The maximum absolute atomic E-state index is 11.4. The van der Waals surface area contributed by atoms with Crippen molar-refractivity contribution in [2.75, 3.05) is 6.54 Å². The van der Waals surface area contributed by atoms with Crippen LogP contribution in [0.3, 0.4) is 0 Å². The molecule has 1 aliphatic rings. The Bertz CT molecular complexity index is 358. The summed E-state index contributed by atoms with van der Waals surface area (Å²) >= 11 is 0. The topological polar surface area (TPSA) is 37.4 Å². The molecule has 0 aliphatic carbocycles. The number of hydrogen-bond donors (Lipinski definition) is 0. The van der Waals surface area contributed by atoms with E-state index in [9.17, 15) is 9.59 Å². The molecule has 24 heavy (non-hydrogen) atoms. The molecule has 3 nitrogen and oxygen atoms in total. The molecule has 1 rings (SSSR count). The van der Waals surface area contributed by atoms with Gasteiger partial charge in [0.1, 0.15) is 0 Å². The predicted octanol–water partition coefficient (Wildman–Crippen LogP) is 5.78. The van der Waals surface area contributed by atoms with Crippen molar-refractivity contribution in [3.05, 3.63) is 12.2 Å². The summed E-state index contributed by atoms with van der Waals surface area (Å²) in [6.45, 7) is 2.86. The Morgan fingerprint density at radius 2 is 0.917 bits per heavy atom. The van der Waals surface area contributed by atoms with Crippen LogP contribution < -0.4 is 0 Å². The van der Waals surface area contributed by atoms with Crippen LogP contribution >= 0.6 is 0 Å². The fraction of sp³-hybridized carbons (Fsp3) is 0.810. The number of imide groups is 1. The van der Waals surface area contributed by atoms with Gasteiger partial charge < -0.3 is 0 Å². The minimum Gasteiger partial charge on any atom is -0.275 e. The maximum Gasteiger partial charge on any atom is 0.253 e. The van der Waals surface area contributed by atoms with E-state index < -0.39 is 0 Å². The Morgan fingerprint density at radius 3 is 1.29 bits per heavy atom. The molecule has 1 aliphatic heterocycles. The van der Waals surface area contributed by atoms with Crippen LogP contribution in [-0.2, 0) is 9.59 Å². The minimum absolute atomic E-state index is 0.148. The Morgan fingerprint density at radius 1 is 0.583 bits per heavy atom. The largest absolute Gasteiger partial charge is 0.275 e. The molecule has 0 saturated carbocycles. The molecule has 2 amide bonds. The minimum atomic E-state index is -0.148. The van der Waals surface area contributed by atoms with Gasteiger partial charge in [-0.05, 0) is 6.42 Å². The van der Waals surface area contributed by atoms with Crippen LogP contribution in [0.4, 0.5) is 0 Å². The van der Waals surface area contributed by atoms with Crippen LogP contribution in [-0.4, -0.2) is 23.3 Å². The number of amides is 2. The molecular weight excluding hydrogens is 298 g/mol. The van der Waals surface area contributed by atoms with E-state index in [2.05, 4.69) is 6.92 Å². The van der Waals surface area contributed by atoms with E-state index in [1.165, 1.54) is 101 Å². The van der Waals surface area contributed by atoms with Crippen LogP contribution in [0.25, 0.3) is 0 Å². The van der Waals surface area contributed by atoms with Crippen LogP contribution in [0.2, 0.25) is 0 Å². The van der Waals surface area contributed by atoms with Crippen molar-refractivity contribution in [3.63, 3.8) is 0 Å². The van der Waals surface area contributed by atoms with Gasteiger partial charge in [0.25, 0.3) is 11.8 Å². The van der Waals surface area contributed by atoms with Crippen LogP contribution in [0.1, 0.15) is 103 Å². The monoisotopic (exact) mass is 335 g/mol. The number of carbonyl (C=O) groups is 2. The lowest BCUT2D eigenvalue weighted by Gasteiger charge is -2.12. The highest BCUT2D eigenvalue weighted by atomic mass is 16.2. The summed E-state index contributed by atoms with van der Waals surface area (Å²) in [4.78, 5) is 24.1. The van der Waals surface area contributed by atoms with E-state index in [0.29, 0.717) is 6.54 Å². The summed E-state index contributed by atoms with van der Waals surface area (Å²) in [5.74, 6) is -0.296. The zero-order valence-corrected chi connectivity index (χ0v) is 15.7. The average Bonchev–Trinajstić information content (AvgIpc) is 2.90. The zero-order valence-electron chi connectivity index (χ0n) is 15.7. The van der Waals surface area contributed by atoms with Crippen molar-refractivity contribution < 1.29 is 9.59 Å². The number of carbonyl (C=O) groups excluding carboxylic acids is 2. The molecule has 0 spiro atoms. The van der Waals surface area contributed by atoms with E-state index in [1.807, 2.05) is 0 Å². The van der Waals surface area contributed by atoms with Gasteiger partial charge in [0.05, 0.1) is 0 Å². The molecule has 138 valence electrons. The summed E-state index contributed by atoms with van der Waals surface area (Å²) in [6.07, 6.45) is 22.7. The average molecular weight is 336 g/mol. The lowest BCUT2D eigenvalue weighted by atomic mass is 10.0. The highest BCUT2D eigenvalue weighted by molar-refractivity contribution is 6.12. The maximum atomic E-state index is 11.4. The van der Waals surface area contributed by atoms with Crippen molar-refractivity contribution in [1.29, 1.82) is 0 Å². The molecule has 0 radical (unpaired) electrons. The van der Waals surface area contributed by atoms with Crippen molar-refractivity contribution in [2.45, 2.75) is 103 Å². The fourth-order valence-electron chi connectivity index (χ4n) is 3.29. The molecule has 0 N–H and O–H groups in total. The molecule has 0 aromatic carbocycles. The highest BCUT2D eigenvalue weighted by Gasteiger charge is 2.21. The highest BCUT2D eigenvalue weighted by Crippen LogP contribution is 2.14. The van der Waals surface area contributed by atoms with Gasteiger partial charge in [-0.25, -0.2) is 0 Å². The molecule has 3 heteroatoms. The van der Waals surface area contributed by atoms with Gasteiger partial charge in [-0.15, -0.1) is 0 Å². The molecule has 1 heterocycles. The van der Waals surface area contributed by atoms with E-state index in [-0.39, 0.29) is 11.8 Å². The Hall–Kier alpha value is -1.12. The van der Waals surface area contributed by atoms with Crippen molar-refractivity contribution >= 4 is 11.8 Å². The SMILES string of the molecule is CCCCCCCCCCCCCCCCCN1C(=O)C=CC1=O. The third-order valence-electron chi connectivity index (χ3n) is 4.89. The van der Waals surface area contributed by atoms with Crippen molar-refractivity contribution in [2.24, 2.45) is 0 Å². The molecule has 0 aromatic rings. The summed E-state index contributed by atoms with van der Waals surface area (Å²) in [5.41, 5.74) is 0. The number of rotatable bonds is 16. The molecule has 0 atom stereocenters. The molecule has 0 aromatic heterocycles. The first kappa shape index (κ1) is 20.9. The van der Waals surface area contributed by atoms with Crippen LogP contribution in [0, 0.1) is 0 Å². The number of nitrogens with zero attached hydrogens (tertiary/aromatic N) is 1. The molecule has 0 bridgehead atoms. The molecular formula is C21H37NO2. The third-order valence-corrected chi connectivity index (χ3v) is 4.89. The lowest BCUT2D eigenvalue weighted by Crippen LogP contribution is -2.30. The summed E-state index contributed by atoms with van der Waals surface area (Å²) in [6, 6.07) is 0. The Labute approximate surface area is 148 Å². The van der Waals surface area contributed by atoms with Gasteiger partial charge in [0.15, 0.2) is 0 Å². The van der Waals surface area contributed by atoms with E-state index in [4.69, 9.17) is 0 Å². The first-order valence-electron chi connectivity index (χ1n) is 10.3. The number of hydrogen-bond acceptors (Lipinski definition) is 2. The van der Waals surface area contributed by atoms with Gasteiger partial charge in [0, 0.05) is 18.7 Å². The van der Waals surface area contributed by atoms with Gasteiger partial charge in [0.2, 0.25) is 0 Å². The van der Waals surface area contributed by atoms with Crippen molar-refractivity contribution in [1.82, 2.24) is 4.90 Å². The standard InChI is InChI=1S/C21H37NO2/c1-2-3-4-5-6-7-8-9-10-11-12-13-14-15-16-19-22-20(23)17-18-21(22)24/h17-18H,2-16,19H2,1H3. The molecule has 0 unspecified atom stereocenters. The summed E-state index contributed by atoms with van der Waals surface area (Å²) in [5, 5.41) is 0. The fourth-order valence-corrected chi connectivity index (χ4v) is 3.29. The van der Waals surface area contributed by atoms with E-state index in [1.54, 1.807) is 0 Å². The van der Waals surface area contributed by atoms with Crippen molar-refractivity contribution in [3.8, 4) is 0 Å². The second-order valence-corrected chi connectivity index (χ2v) is 7.11. The first-order chi connectivity index (χ1) is 11.8. The second kappa shape index (κ2) is 14.2. The summed E-state index contributed by atoms with van der Waals surface area (Å²) < 4.78 is 0. The predicted molar refractivity (Wildman–Crippen MR) is 101 cm³/mol. The molecule has 0 saturated heterocycles. The van der Waals surface area contributed by atoms with Gasteiger partial charge in [-0.1, -0.05) is 96.8 Å².